The lowest BCUT2D eigenvalue weighted by Gasteiger charge is -2.33. The monoisotopic (exact) mass is 529 g/mol. The zero-order valence-electron chi connectivity index (χ0n) is 14.1. The lowest BCUT2D eigenvalue weighted by molar-refractivity contribution is -0.149. The van der Waals surface area contributed by atoms with Crippen LogP contribution in [-0.2, 0) is 16.0 Å². The van der Waals surface area contributed by atoms with E-state index >= 15 is 0 Å². The first kappa shape index (κ1) is 21.7. The van der Waals surface area contributed by atoms with E-state index in [-0.39, 0.29) is 35.9 Å². The van der Waals surface area contributed by atoms with Gasteiger partial charge < -0.3 is 15.0 Å². The van der Waals surface area contributed by atoms with E-state index in [4.69, 9.17) is 4.74 Å². The van der Waals surface area contributed by atoms with E-state index in [1.54, 1.807) is 18.4 Å². The number of carbonyl (C=O) groups is 1. The molecule has 2 heterocycles. The number of nitrogens with one attached hydrogen (secondary N) is 1. The second-order valence-corrected chi connectivity index (χ2v) is 8.01. The molecular weight excluding hydrogens is 505 g/mol. The highest BCUT2D eigenvalue weighted by Gasteiger charge is 2.28. The molecule has 1 N–H and O–H groups in total. The predicted octanol–water partition coefficient (Wildman–Crippen LogP) is 3.52. The van der Waals surface area contributed by atoms with E-state index in [1.165, 1.54) is 4.88 Å². The molecule has 1 aromatic rings. The van der Waals surface area contributed by atoms with E-state index in [1.807, 2.05) is 6.92 Å². The molecule has 1 aliphatic heterocycles. The molecule has 0 radical (unpaired) electrons. The van der Waals surface area contributed by atoms with Gasteiger partial charge >= 0.3 is 5.97 Å². The van der Waals surface area contributed by atoms with Gasteiger partial charge in [-0.1, -0.05) is 0 Å². The summed E-state index contributed by atoms with van der Waals surface area (Å²) in [5.74, 6) is 0.737. The Hall–Kier alpha value is -0.350. The summed E-state index contributed by atoms with van der Waals surface area (Å²) in [6.07, 6.45) is 2.85. The summed E-state index contributed by atoms with van der Waals surface area (Å²) in [5.41, 5.74) is 0. The summed E-state index contributed by atoms with van der Waals surface area (Å²) < 4.78 is 6.31. The molecule has 1 fully saturated rings. The van der Waals surface area contributed by atoms with Gasteiger partial charge in [-0.25, -0.2) is 0 Å². The van der Waals surface area contributed by atoms with Gasteiger partial charge in [0.2, 0.25) is 0 Å². The molecule has 5 nitrogen and oxygen atoms in total. The number of hydrogen-bond donors (Lipinski definition) is 1. The van der Waals surface area contributed by atoms with E-state index in [0.29, 0.717) is 13.2 Å². The zero-order chi connectivity index (χ0) is 16.7. The van der Waals surface area contributed by atoms with Crippen molar-refractivity contribution in [3.05, 3.63) is 20.8 Å². The highest BCUT2D eigenvalue weighted by atomic mass is 127. The number of nitrogens with zero attached hydrogens (tertiary/aromatic N) is 2. The van der Waals surface area contributed by atoms with Gasteiger partial charge in [-0.05, 0) is 54.2 Å². The second-order valence-electron chi connectivity index (χ2n) is 5.47. The van der Waals surface area contributed by atoms with Crippen molar-refractivity contribution in [2.24, 2.45) is 10.9 Å². The fourth-order valence-electron chi connectivity index (χ4n) is 2.74. The Kier molecular flexibility index (Phi) is 10.2. The summed E-state index contributed by atoms with van der Waals surface area (Å²) >= 11 is 5.24. The van der Waals surface area contributed by atoms with Crippen LogP contribution in [0, 0.1) is 5.92 Å². The predicted molar refractivity (Wildman–Crippen MR) is 113 cm³/mol. The molecular formula is C16H25BrIN3O2S. The molecule has 1 atom stereocenters. The van der Waals surface area contributed by atoms with Crippen molar-refractivity contribution in [3.63, 3.8) is 0 Å². The van der Waals surface area contributed by atoms with Crippen LogP contribution < -0.4 is 5.32 Å². The first-order chi connectivity index (χ1) is 11.1. The Balaban J connectivity index is 0.00000288. The molecule has 0 spiro atoms. The van der Waals surface area contributed by atoms with Gasteiger partial charge in [0.15, 0.2) is 5.96 Å². The van der Waals surface area contributed by atoms with Gasteiger partial charge in [0, 0.05) is 31.6 Å². The van der Waals surface area contributed by atoms with Gasteiger partial charge in [0.05, 0.1) is 16.3 Å². The molecule has 8 heteroatoms. The normalized spacial score (nSPS) is 18.0. The van der Waals surface area contributed by atoms with Crippen LogP contribution in [0.25, 0.3) is 0 Å². The average molecular weight is 530 g/mol. The van der Waals surface area contributed by atoms with Gasteiger partial charge in [-0.2, -0.15) is 0 Å². The Morgan fingerprint density at radius 2 is 2.33 bits per heavy atom. The minimum Gasteiger partial charge on any atom is -0.466 e. The van der Waals surface area contributed by atoms with Crippen molar-refractivity contribution in [3.8, 4) is 0 Å². The van der Waals surface area contributed by atoms with E-state index < -0.39 is 0 Å². The smallest absolute Gasteiger partial charge is 0.310 e. The van der Waals surface area contributed by atoms with E-state index in [9.17, 15) is 4.79 Å². The van der Waals surface area contributed by atoms with Crippen molar-refractivity contribution in [1.82, 2.24) is 10.2 Å². The minimum absolute atomic E-state index is 0. The third kappa shape index (κ3) is 6.51. The maximum atomic E-state index is 11.9. The first-order valence-electron chi connectivity index (χ1n) is 8.00. The van der Waals surface area contributed by atoms with Crippen LogP contribution in [0.15, 0.2) is 20.9 Å². The van der Waals surface area contributed by atoms with Crippen LogP contribution in [0.5, 0.6) is 0 Å². The van der Waals surface area contributed by atoms with Gasteiger partial charge in [-0.3, -0.25) is 9.79 Å². The molecule has 0 amide bonds. The Morgan fingerprint density at radius 3 is 2.96 bits per heavy atom. The van der Waals surface area contributed by atoms with E-state index in [2.05, 4.69) is 43.3 Å². The number of halogens is 2. The Morgan fingerprint density at radius 1 is 1.54 bits per heavy atom. The number of esters is 1. The lowest BCUT2D eigenvalue weighted by atomic mass is 9.98. The summed E-state index contributed by atoms with van der Waals surface area (Å²) in [5, 5.41) is 3.40. The number of carbonyl (C=O) groups excluding carboxylic acids is 1. The number of ether oxygens (including phenoxy) is 1. The second kappa shape index (κ2) is 11.3. The van der Waals surface area contributed by atoms with Gasteiger partial charge in [0.1, 0.15) is 0 Å². The van der Waals surface area contributed by atoms with Crippen LogP contribution in [0.1, 0.15) is 24.6 Å². The molecule has 1 aliphatic rings. The molecule has 0 aliphatic carbocycles. The summed E-state index contributed by atoms with van der Waals surface area (Å²) in [6.45, 7) is 4.74. The molecule has 24 heavy (non-hydrogen) atoms. The summed E-state index contributed by atoms with van der Waals surface area (Å²) in [4.78, 5) is 19.8. The molecule has 1 saturated heterocycles. The lowest BCUT2D eigenvalue weighted by Crippen LogP contribution is -2.48. The minimum atomic E-state index is -0.0870. The summed E-state index contributed by atoms with van der Waals surface area (Å²) in [6, 6.07) is 4.21. The van der Waals surface area contributed by atoms with E-state index in [0.717, 1.165) is 42.1 Å². The molecule has 2 rings (SSSR count). The van der Waals surface area contributed by atoms with Crippen molar-refractivity contribution < 1.29 is 9.53 Å². The number of aliphatic imine (C=N–C) groups is 1. The van der Waals surface area contributed by atoms with Crippen molar-refractivity contribution in [2.75, 3.05) is 33.3 Å². The molecule has 0 aromatic carbocycles. The third-order valence-electron chi connectivity index (χ3n) is 3.84. The van der Waals surface area contributed by atoms with Crippen LogP contribution in [0.4, 0.5) is 0 Å². The number of hydrogen-bond acceptors (Lipinski definition) is 4. The number of rotatable bonds is 5. The topological polar surface area (TPSA) is 53.9 Å². The average Bonchev–Trinajstić information content (AvgIpc) is 2.97. The zero-order valence-corrected chi connectivity index (χ0v) is 18.8. The number of thiophene rings is 1. The maximum Gasteiger partial charge on any atom is 0.310 e. The molecule has 0 saturated carbocycles. The standard InChI is InChI=1S/C16H24BrN3O2S.HI/c1-3-22-15(21)12-5-4-10-20(11-12)16(18-2)19-9-8-13-6-7-14(17)23-13;/h6-7,12H,3-5,8-11H2,1-2H3,(H,18,19);1H. The third-order valence-corrected chi connectivity index (χ3v) is 5.52. The van der Waals surface area contributed by atoms with Gasteiger partial charge in [-0.15, -0.1) is 35.3 Å². The molecule has 0 bridgehead atoms. The maximum absolute atomic E-state index is 11.9. The largest absolute Gasteiger partial charge is 0.466 e. The van der Waals surface area contributed by atoms with Gasteiger partial charge in [0.25, 0.3) is 0 Å². The fourth-order valence-corrected chi connectivity index (χ4v) is 4.22. The highest BCUT2D eigenvalue weighted by Crippen LogP contribution is 2.22. The number of likely N-dealkylation sites (tertiary alicyclic amines) is 1. The first-order valence-corrected chi connectivity index (χ1v) is 9.61. The van der Waals surface area contributed by atoms with Crippen LogP contribution >= 0.6 is 51.2 Å². The Bertz CT molecular complexity index is 553. The van der Waals surface area contributed by atoms with Crippen LogP contribution in [-0.4, -0.2) is 50.1 Å². The number of piperidine rings is 1. The van der Waals surface area contributed by atoms with Crippen LogP contribution in [0.3, 0.4) is 0 Å². The number of guanidine groups is 1. The highest BCUT2D eigenvalue weighted by molar-refractivity contribution is 14.0. The molecule has 136 valence electrons. The quantitative estimate of drug-likeness (QED) is 0.274. The molecule has 1 aromatic heterocycles. The van der Waals surface area contributed by atoms with Crippen molar-refractivity contribution in [2.45, 2.75) is 26.2 Å². The van der Waals surface area contributed by atoms with Crippen molar-refractivity contribution in [1.29, 1.82) is 0 Å². The fraction of sp³-hybridized carbons (Fsp3) is 0.625. The summed E-state index contributed by atoms with van der Waals surface area (Å²) in [7, 11) is 1.79. The van der Waals surface area contributed by atoms with Crippen molar-refractivity contribution >= 4 is 63.2 Å². The molecule has 1 unspecified atom stereocenters. The SMILES string of the molecule is CCOC(=O)C1CCCN(C(=NC)NCCc2ccc(Br)s2)C1.I. The van der Waals surface area contributed by atoms with Crippen LogP contribution in [0.2, 0.25) is 0 Å². The Labute approximate surface area is 173 Å².